The molecule has 1 aromatic heterocycles. The number of hydrogen-bond acceptors (Lipinski definition) is 6. The monoisotopic (exact) mass is 395 g/mol. The second kappa shape index (κ2) is 6.54. The molecule has 2 N–H and O–H groups in total. The summed E-state index contributed by atoms with van der Waals surface area (Å²) in [6, 6.07) is 5.62. The van der Waals surface area contributed by atoms with Gasteiger partial charge in [-0.25, -0.2) is 22.5 Å². The van der Waals surface area contributed by atoms with Crippen LogP contribution in [0.1, 0.15) is 42.1 Å². The maximum Gasteiger partial charge on any atom is 0.297 e. The number of aromatic hydroxyl groups is 1. The zero-order valence-electron chi connectivity index (χ0n) is 14.7. The molecule has 0 saturated carbocycles. The summed E-state index contributed by atoms with van der Waals surface area (Å²) in [5.74, 6) is -2.48. The first-order valence-electron chi connectivity index (χ1n) is 8.14. The van der Waals surface area contributed by atoms with Crippen molar-refractivity contribution < 1.29 is 22.7 Å². The minimum atomic E-state index is -3.78. The summed E-state index contributed by atoms with van der Waals surface area (Å²) in [7, 11) is -3.78. The maximum atomic E-state index is 12.9. The van der Waals surface area contributed by atoms with Crippen LogP contribution >= 0.6 is 0 Å². The molecule has 2 heterocycles. The Kier molecular flexibility index (Phi) is 4.64. The van der Waals surface area contributed by atoms with Crippen molar-refractivity contribution in [2.75, 3.05) is 0 Å². The Labute approximate surface area is 154 Å². The van der Waals surface area contributed by atoms with Gasteiger partial charge in [0.2, 0.25) is 15.8 Å². The third-order valence-corrected chi connectivity index (χ3v) is 5.65. The predicted octanol–water partition coefficient (Wildman–Crippen LogP) is 1.03. The van der Waals surface area contributed by atoms with Gasteiger partial charge in [-0.15, -0.1) is 0 Å². The molecule has 0 radical (unpaired) electrons. The number of benzene rings is 1. The van der Waals surface area contributed by atoms with Gasteiger partial charge in [0.05, 0.1) is 5.54 Å². The highest BCUT2D eigenvalue weighted by Gasteiger charge is 2.39. The van der Waals surface area contributed by atoms with Crippen molar-refractivity contribution in [3.63, 3.8) is 0 Å². The summed E-state index contributed by atoms with van der Waals surface area (Å²) in [6.45, 7) is 3.01. The summed E-state index contributed by atoms with van der Waals surface area (Å²) >= 11 is 0. The first-order chi connectivity index (χ1) is 12.5. The van der Waals surface area contributed by atoms with E-state index >= 15 is 0 Å². The molecule has 3 rings (SSSR count). The van der Waals surface area contributed by atoms with Crippen molar-refractivity contribution in [2.45, 2.75) is 38.1 Å². The largest absolute Gasteiger partial charge is 0.501 e. The summed E-state index contributed by atoms with van der Waals surface area (Å²) in [5.41, 5.74) is -1.89. The second-order valence-corrected chi connectivity index (χ2v) is 8.58. The Bertz CT molecular complexity index is 1070. The lowest BCUT2D eigenvalue weighted by Gasteiger charge is -2.33. The van der Waals surface area contributed by atoms with Crippen molar-refractivity contribution in [3.05, 3.63) is 57.5 Å². The number of hydrogen-bond donors (Lipinski definition) is 2. The van der Waals surface area contributed by atoms with E-state index in [4.69, 9.17) is 0 Å². The van der Waals surface area contributed by atoms with Gasteiger partial charge in [-0.2, -0.15) is 0 Å². The van der Waals surface area contributed by atoms with Crippen LogP contribution in [0.15, 0.2) is 29.1 Å². The van der Waals surface area contributed by atoms with Crippen molar-refractivity contribution in [1.29, 1.82) is 0 Å². The fourth-order valence-corrected chi connectivity index (χ4v) is 4.51. The lowest BCUT2D eigenvalue weighted by molar-refractivity contribution is 0.0973. The van der Waals surface area contributed by atoms with Gasteiger partial charge in [-0.05, 0) is 38.0 Å². The Morgan fingerprint density at radius 3 is 2.59 bits per heavy atom. The van der Waals surface area contributed by atoms with Crippen LogP contribution in [0, 0.1) is 5.82 Å². The summed E-state index contributed by atoms with van der Waals surface area (Å²) in [5, 5.41) is 10.1. The van der Waals surface area contributed by atoms with Gasteiger partial charge in [0, 0.05) is 6.42 Å². The number of rotatable bonds is 4. The standard InChI is InChI=1S/C17H18FN3O5S/c1-17(2)16-19-13(12(22)8-5-10-3-6-11(18)7-4-10)14(23)15(24)21(16)9-27(25,26)20-17/h3-4,6-7,20,23H,5,8-9H2,1-2H3. The van der Waals surface area contributed by atoms with Crippen LogP contribution in [0.3, 0.4) is 0 Å². The highest BCUT2D eigenvalue weighted by atomic mass is 32.2. The highest BCUT2D eigenvalue weighted by Crippen LogP contribution is 2.26. The van der Waals surface area contributed by atoms with E-state index in [2.05, 4.69) is 9.71 Å². The molecule has 0 unspecified atom stereocenters. The van der Waals surface area contributed by atoms with Crippen molar-refractivity contribution in [1.82, 2.24) is 14.3 Å². The lowest BCUT2D eigenvalue weighted by Crippen LogP contribution is -2.52. The van der Waals surface area contributed by atoms with Crippen molar-refractivity contribution in [2.24, 2.45) is 0 Å². The second-order valence-electron chi connectivity index (χ2n) is 6.89. The van der Waals surface area contributed by atoms with E-state index in [1.807, 2.05) is 0 Å². The van der Waals surface area contributed by atoms with Gasteiger partial charge in [-0.1, -0.05) is 12.1 Å². The lowest BCUT2D eigenvalue weighted by atomic mass is 10.0. The van der Waals surface area contributed by atoms with E-state index in [1.54, 1.807) is 0 Å². The number of halogens is 1. The number of sulfonamides is 1. The van der Waals surface area contributed by atoms with Gasteiger partial charge in [0.15, 0.2) is 11.5 Å². The Morgan fingerprint density at radius 1 is 1.33 bits per heavy atom. The first kappa shape index (κ1) is 19.2. The molecular weight excluding hydrogens is 377 g/mol. The Hall–Kier alpha value is -2.59. The van der Waals surface area contributed by atoms with Crippen LogP contribution in [0.5, 0.6) is 5.75 Å². The van der Waals surface area contributed by atoms with Crippen LogP contribution in [-0.2, 0) is 27.9 Å². The first-order valence-corrected chi connectivity index (χ1v) is 9.79. The number of aryl methyl sites for hydroxylation is 1. The Morgan fingerprint density at radius 2 is 1.96 bits per heavy atom. The van der Waals surface area contributed by atoms with Gasteiger partial charge in [0.25, 0.3) is 5.56 Å². The van der Waals surface area contributed by atoms with Gasteiger partial charge < -0.3 is 5.11 Å². The van der Waals surface area contributed by atoms with Crippen LogP contribution in [-0.4, -0.2) is 28.9 Å². The zero-order valence-corrected chi connectivity index (χ0v) is 15.5. The molecule has 0 aliphatic carbocycles. The van der Waals surface area contributed by atoms with E-state index in [1.165, 1.54) is 38.1 Å². The van der Waals surface area contributed by atoms with Gasteiger partial charge in [0.1, 0.15) is 17.5 Å². The number of nitrogens with zero attached hydrogens (tertiary/aromatic N) is 2. The molecule has 0 saturated heterocycles. The number of carbonyl (C=O) groups excluding carboxylic acids is 1. The third-order valence-electron chi connectivity index (χ3n) is 4.23. The summed E-state index contributed by atoms with van der Waals surface area (Å²) in [4.78, 5) is 29.0. The highest BCUT2D eigenvalue weighted by molar-refractivity contribution is 7.88. The topological polar surface area (TPSA) is 118 Å². The molecule has 0 fully saturated rings. The third kappa shape index (κ3) is 3.76. The molecule has 0 bridgehead atoms. The van der Waals surface area contributed by atoms with E-state index in [-0.39, 0.29) is 18.7 Å². The predicted molar refractivity (Wildman–Crippen MR) is 94.3 cm³/mol. The number of nitrogens with one attached hydrogen (secondary N) is 1. The molecule has 10 heteroatoms. The van der Waals surface area contributed by atoms with Crippen molar-refractivity contribution >= 4 is 15.8 Å². The molecule has 2 aromatic rings. The Balaban J connectivity index is 1.95. The van der Waals surface area contributed by atoms with Gasteiger partial charge in [-0.3, -0.25) is 14.2 Å². The number of aromatic nitrogens is 2. The van der Waals surface area contributed by atoms with Crippen LogP contribution in [0.2, 0.25) is 0 Å². The number of Topliss-reactive ketones (excluding diaryl/α,β-unsaturated/α-hetero) is 1. The molecule has 1 aliphatic heterocycles. The number of ketones is 1. The molecule has 27 heavy (non-hydrogen) atoms. The molecule has 0 atom stereocenters. The smallest absolute Gasteiger partial charge is 0.297 e. The van der Waals surface area contributed by atoms with Crippen LogP contribution < -0.4 is 10.3 Å². The number of fused-ring (bicyclic) bond motifs is 1. The minimum Gasteiger partial charge on any atom is -0.501 e. The SMILES string of the molecule is CC1(C)NS(=O)(=O)Cn2c1nc(C(=O)CCc1ccc(F)cc1)c(O)c2=O. The van der Waals surface area contributed by atoms with Crippen LogP contribution in [0.25, 0.3) is 0 Å². The fraction of sp³-hybridized carbons (Fsp3) is 0.353. The number of carbonyl (C=O) groups is 1. The summed E-state index contributed by atoms with van der Waals surface area (Å²) in [6.07, 6.45) is 0.218. The van der Waals surface area contributed by atoms with E-state index in [0.29, 0.717) is 5.56 Å². The van der Waals surface area contributed by atoms with Crippen molar-refractivity contribution in [3.8, 4) is 5.75 Å². The average molecular weight is 395 g/mol. The maximum absolute atomic E-state index is 12.9. The van der Waals surface area contributed by atoms with E-state index in [0.717, 1.165) is 4.57 Å². The molecule has 0 spiro atoms. The molecule has 144 valence electrons. The quantitative estimate of drug-likeness (QED) is 0.747. The molecule has 1 aromatic carbocycles. The van der Waals surface area contributed by atoms with Gasteiger partial charge >= 0.3 is 0 Å². The average Bonchev–Trinajstić information content (AvgIpc) is 2.56. The normalized spacial score (nSPS) is 17.3. The van der Waals surface area contributed by atoms with E-state index in [9.17, 15) is 27.5 Å². The van der Waals surface area contributed by atoms with E-state index < -0.39 is 50.0 Å². The zero-order chi connectivity index (χ0) is 20.0. The fourth-order valence-electron chi connectivity index (χ4n) is 3.00. The molecule has 1 aliphatic rings. The summed E-state index contributed by atoms with van der Waals surface area (Å²) < 4.78 is 40.0. The molecule has 8 nitrogen and oxygen atoms in total. The van der Waals surface area contributed by atoms with Crippen LogP contribution in [0.4, 0.5) is 4.39 Å². The minimum absolute atomic E-state index is 0.0465. The molecule has 0 amide bonds. The molecular formula is C17H18FN3O5S.